The van der Waals surface area contributed by atoms with Gasteiger partial charge < -0.3 is 15.9 Å². The van der Waals surface area contributed by atoms with Gasteiger partial charge in [-0.15, -0.1) is 0 Å². The first-order valence-electron chi connectivity index (χ1n) is 4.75. The summed E-state index contributed by atoms with van der Waals surface area (Å²) in [6.07, 6.45) is 0.385. The first-order chi connectivity index (χ1) is 7.11. The van der Waals surface area contributed by atoms with Gasteiger partial charge in [-0.1, -0.05) is 30.3 Å². The summed E-state index contributed by atoms with van der Waals surface area (Å²) >= 11 is 0. The second kappa shape index (κ2) is 7.96. The SMILES string of the molecule is CCO.N[C@H](Cc1ccccc1)C(=O)O. The Morgan fingerprint density at radius 2 is 1.87 bits per heavy atom. The first kappa shape index (κ1) is 13.6. The number of hydrogen-bond donors (Lipinski definition) is 3. The monoisotopic (exact) mass is 211 g/mol. The van der Waals surface area contributed by atoms with Crippen molar-refractivity contribution in [2.24, 2.45) is 5.73 Å². The summed E-state index contributed by atoms with van der Waals surface area (Å²) in [5, 5.41) is 16.1. The van der Waals surface area contributed by atoms with E-state index in [1.165, 1.54) is 0 Å². The van der Waals surface area contributed by atoms with Gasteiger partial charge in [0, 0.05) is 6.61 Å². The summed E-state index contributed by atoms with van der Waals surface area (Å²) in [5.41, 5.74) is 6.30. The number of benzene rings is 1. The Labute approximate surface area is 89.4 Å². The average Bonchev–Trinajstić information content (AvgIpc) is 2.20. The third-order valence-corrected chi connectivity index (χ3v) is 1.62. The number of aliphatic hydroxyl groups excluding tert-OH is 1. The van der Waals surface area contributed by atoms with Crippen LogP contribution in [0.1, 0.15) is 12.5 Å². The van der Waals surface area contributed by atoms with Gasteiger partial charge in [0.15, 0.2) is 0 Å². The Kier molecular flexibility index (Phi) is 7.23. The van der Waals surface area contributed by atoms with Crippen molar-refractivity contribution in [3.05, 3.63) is 35.9 Å². The van der Waals surface area contributed by atoms with Crippen molar-refractivity contribution in [1.29, 1.82) is 0 Å². The van der Waals surface area contributed by atoms with Crippen molar-refractivity contribution < 1.29 is 15.0 Å². The van der Waals surface area contributed by atoms with Crippen LogP contribution >= 0.6 is 0 Å². The largest absolute Gasteiger partial charge is 0.480 e. The Bertz CT molecular complexity index is 274. The highest BCUT2D eigenvalue weighted by molar-refractivity contribution is 5.73. The van der Waals surface area contributed by atoms with Gasteiger partial charge in [0.1, 0.15) is 6.04 Å². The van der Waals surface area contributed by atoms with Crippen LogP contribution in [0.4, 0.5) is 0 Å². The highest BCUT2D eigenvalue weighted by Gasteiger charge is 2.10. The molecule has 0 unspecified atom stereocenters. The van der Waals surface area contributed by atoms with Crippen LogP contribution in [0.15, 0.2) is 30.3 Å². The van der Waals surface area contributed by atoms with E-state index in [1.54, 1.807) is 6.92 Å². The number of carbonyl (C=O) groups is 1. The molecular weight excluding hydrogens is 194 g/mol. The van der Waals surface area contributed by atoms with Gasteiger partial charge >= 0.3 is 5.97 Å². The highest BCUT2D eigenvalue weighted by atomic mass is 16.4. The van der Waals surface area contributed by atoms with Crippen LogP contribution in [0.3, 0.4) is 0 Å². The van der Waals surface area contributed by atoms with Gasteiger partial charge in [0.2, 0.25) is 0 Å². The molecule has 0 bridgehead atoms. The van der Waals surface area contributed by atoms with E-state index in [9.17, 15) is 4.79 Å². The third-order valence-electron chi connectivity index (χ3n) is 1.62. The number of nitrogens with two attached hydrogens (primary N) is 1. The molecule has 84 valence electrons. The lowest BCUT2D eigenvalue weighted by molar-refractivity contribution is -0.138. The molecule has 1 aromatic carbocycles. The molecule has 1 aromatic rings. The lowest BCUT2D eigenvalue weighted by atomic mass is 10.1. The average molecular weight is 211 g/mol. The van der Waals surface area contributed by atoms with Crippen LogP contribution in [0.25, 0.3) is 0 Å². The van der Waals surface area contributed by atoms with Crippen molar-refractivity contribution in [3.8, 4) is 0 Å². The Morgan fingerprint density at radius 1 is 1.40 bits per heavy atom. The van der Waals surface area contributed by atoms with E-state index >= 15 is 0 Å². The summed E-state index contributed by atoms with van der Waals surface area (Å²) in [5.74, 6) is -0.959. The van der Waals surface area contributed by atoms with Crippen molar-refractivity contribution in [1.82, 2.24) is 0 Å². The predicted octanol–water partition coefficient (Wildman–Crippen LogP) is 0.640. The van der Waals surface area contributed by atoms with E-state index in [4.69, 9.17) is 15.9 Å². The minimum atomic E-state index is -0.959. The van der Waals surface area contributed by atoms with Crippen LogP contribution in [0.5, 0.6) is 0 Å². The maximum absolute atomic E-state index is 10.4. The molecule has 0 saturated heterocycles. The molecular formula is C11H17NO3. The summed E-state index contributed by atoms with van der Waals surface area (Å²) in [7, 11) is 0. The predicted molar refractivity (Wildman–Crippen MR) is 58.5 cm³/mol. The molecule has 0 aliphatic heterocycles. The molecule has 0 spiro atoms. The second-order valence-corrected chi connectivity index (χ2v) is 2.95. The maximum Gasteiger partial charge on any atom is 0.320 e. The summed E-state index contributed by atoms with van der Waals surface area (Å²) in [6, 6.07) is 8.54. The van der Waals surface area contributed by atoms with Gasteiger partial charge in [-0.05, 0) is 18.9 Å². The van der Waals surface area contributed by atoms with Gasteiger partial charge in [0.25, 0.3) is 0 Å². The number of carboxylic acids is 1. The van der Waals surface area contributed by atoms with E-state index in [2.05, 4.69) is 0 Å². The van der Waals surface area contributed by atoms with Gasteiger partial charge in [-0.3, -0.25) is 4.79 Å². The van der Waals surface area contributed by atoms with Gasteiger partial charge in [0.05, 0.1) is 0 Å². The molecule has 4 N–H and O–H groups in total. The number of rotatable bonds is 3. The van der Waals surface area contributed by atoms with E-state index in [1.807, 2.05) is 30.3 Å². The molecule has 0 saturated carbocycles. The highest BCUT2D eigenvalue weighted by Crippen LogP contribution is 2.01. The number of aliphatic hydroxyl groups is 1. The van der Waals surface area contributed by atoms with E-state index in [-0.39, 0.29) is 6.61 Å². The van der Waals surface area contributed by atoms with Crippen LogP contribution in [-0.4, -0.2) is 28.8 Å². The third kappa shape index (κ3) is 6.65. The zero-order valence-corrected chi connectivity index (χ0v) is 8.76. The zero-order chi connectivity index (χ0) is 11.7. The number of aliphatic carboxylic acids is 1. The van der Waals surface area contributed by atoms with E-state index in [0.29, 0.717) is 6.42 Å². The zero-order valence-electron chi connectivity index (χ0n) is 8.76. The first-order valence-corrected chi connectivity index (χ1v) is 4.75. The quantitative estimate of drug-likeness (QED) is 0.685. The Balaban J connectivity index is 0.000000583. The van der Waals surface area contributed by atoms with Crippen molar-refractivity contribution >= 4 is 5.97 Å². The summed E-state index contributed by atoms with van der Waals surface area (Å²) in [6.45, 7) is 1.93. The molecule has 4 heteroatoms. The molecule has 0 heterocycles. The molecule has 0 radical (unpaired) electrons. The van der Waals surface area contributed by atoms with Crippen LogP contribution < -0.4 is 5.73 Å². The number of hydrogen-bond acceptors (Lipinski definition) is 3. The van der Waals surface area contributed by atoms with Gasteiger partial charge in [-0.2, -0.15) is 0 Å². The van der Waals surface area contributed by atoms with Crippen molar-refractivity contribution in [3.63, 3.8) is 0 Å². The van der Waals surface area contributed by atoms with Crippen molar-refractivity contribution in [2.45, 2.75) is 19.4 Å². The van der Waals surface area contributed by atoms with Crippen LogP contribution in [0, 0.1) is 0 Å². The maximum atomic E-state index is 10.4. The topological polar surface area (TPSA) is 83.5 Å². The summed E-state index contributed by atoms with van der Waals surface area (Å²) in [4.78, 5) is 10.4. The standard InChI is InChI=1S/C9H11NO2.C2H6O/c10-8(9(11)12)6-7-4-2-1-3-5-7;1-2-3/h1-5,8H,6,10H2,(H,11,12);3H,2H2,1H3/t8-;/m1./s1. The number of carboxylic acid groups (broad SMARTS) is 1. The van der Waals surface area contributed by atoms with E-state index in [0.717, 1.165) is 5.56 Å². The molecule has 4 nitrogen and oxygen atoms in total. The summed E-state index contributed by atoms with van der Waals surface area (Å²) < 4.78 is 0. The minimum Gasteiger partial charge on any atom is -0.480 e. The fourth-order valence-corrected chi connectivity index (χ4v) is 0.955. The molecule has 0 amide bonds. The van der Waals surface area contributed by atoms with E-state index < -0.39 is 12.0 Å². The fraction of sp³-hybridized carbons (Fsp3) is 0.364. The molecule has 0 aromatic heterocycles. The molecule has 0 fully saturated rings. The van der Waals surface area contributed by atoms with Gasteiger partial charge in [-0.25, -0.2) is 0 Å². The molecule has 0 aliphatic carbocycles. The Hall–Kier alpha value is -1.39. The van der Waals surface area contributed by atoms with Crippen LogP contribution in [0.2, 0.25) is 0 Å². The Morgan fingerprint density at radius 3 is 2.27 bits per heavy atom. The molecule has 15 heavy (non-hydrogen) atoms. The van der Waals surface area contributed by atoms with Crippen molar-refractivity contribution in [2.75, 3.05) is 6.61 Å². The van der Waals surface area contributed by atoms with Crippen LogP contribution in [-0.2, 0) is 11.2 Å². The minimum absolute atomic E-state index is 0.250. The normalized spacial score (nSPS) is 11.1. The second-order valence-electron chi connectivity index (χ2n) is 2.95. The fourth-order valence-electron chi connectivity index (χ4n) is 0.955. The molecule has 0 aliphatic rings. The molecule has 1 rings (SSSR count). The lowest BCUT2D eigenvalue weighted by Gasteiger charge is -2.04. The smallest absolute Gasteiger partial charge is 0.320 e. The lowest BCUT2D eigenvalue weighted by Crippen LogP contribution is -2.32. The molecule has 1 atom stereocenters.